The molecule has 1 amide bonds. The standard InChI is InChI=1S/C33H39N7O6S/c1-5-19-39-31-29(32(42)40(20-6-2)33(39)43)36-30(37-31)22-13-15-23(16-14-22)46-21-28(41)34-17-18-35-47(44,45)27-12-8-9-24-25(27)10-7-11-26(24)38(3)4/h7-16,35H,5-6,17-21H2,1-4H3,(H,34,41)(H,36,37). The number of sulfonamides is 1. The van der Waals surface area contributed by atoms with Gasteiger partial charge in [0.05, 0.1) is 4.90 Å². The van der Waals surface area contributed by atoms with Crippen LogP contribution in [0.5, 0.6) is 5.75 Å². The van der Waals surface area contributed by atoms with Crippen LogP contribution in [-0.4, -0.2) is 67.2 Å². The third kappa shape index (κ3) is 7.08. The number of carbonyl (C=O) groups excluding carboxylic acids is 1. The summed E-state index contributed by atoms with van der Waals surface area (Å²) < 4.78 is 37.1. The maximum atomic E-state index is 13.1. The van der Waals surface area contributed by atoms with Crippen LogP contribution >= 0.6 is 0 Å². The Morgan fingerprint density at radius 3 is 2.30 bits per heavy atom. The fourth-order valence-corrected chi connectivity index (χ4v) is 6.66. The van der Waals surface area contributed by atoms with E-state index in [4.69, 9.17) is 4.74 Å². The summed E-state index contributed by atoms with van der Waals surface area (Å²) in [6.07, 6.45) is 1.36. The van der Waals surface area contributed by atoms with Crippen LogP contribution in [0.1, 0.15) is 26.7 Å². The molecule has 47 heavy (non-hydrogen) atoms. The SMILES string of the molecule is CCCn1c(=O)c2[nH]c(-c3ccc(OCC(=O)NCCNS(=O)(=O)c4cccc5c(N(C)C)cccc45)cc3)nc2n(CCC)c1=O. The van der Waals surface area contributed by atoms with Crippen LogP contribution in [-0.2, 0) is 27.9 Å². The summed E-state index contributed by atoms with van der Waals surface area (Å²) in [5, 5.41) is 4.10. The summed E-state index contributed by atoms with van der Waals surface area (Å²) in [6.45, 7) is 4.42. The topological polar surface area (TPSA) is 160 Å². The number of carbonyl (C=O) groups is 1. The smallest absolute Gasteiger partial charge is 0.332 e. The van der Waals surface area contributed by atoms with Gasteiger partial charge in [0.25, 0.3) is 11.5 Å². The number of anilines is 1. The zero-order chi connectivity index (χ0) is 33.7. The first kappa shape index (κ1) is 33.4. The Morgan fingerprint density at radius 1 is 0.915 bits per heavy atom. The van der Waals surface area contributed by atoms with Crippen LogP contribution in [0.2, 0.25) is 0 Å². The second-order valence-electron chi connectivity index (χ2n) is 11.3. The fraction of sp³-hybridized carbons (Fsp3) is 0.333. The second-order valence-corrected chi connectivity index (χ2v) is 13.0. The Labute approximate surface area is 272 Å². The van der Waals surface area contributed by atoms with Crippen molar-refractivity contribution in [1.29, 1.82) is 0 Å². The van der Waals surface area contributed by atoms with E-state index >= 15 is 0 Å². The molecule has 0 saturated carbocycles. The van der Waals surface area contributed by atoms with Crippen molar-refractivity contribution < 1.29 is 17.9 Å². The predicted octanol–water partition coefficient (Wildman–Crippen LogP) is 3.07. The first-order valence-electron chi connectivity index (χ1n) is 15.5. The fourth-order valence-electron chi connectivity index (χ4n) is 5.41. The van der Waals surface area contributed by atoms with Gasteiger partial charge in [-0.25, -0.2) is 22.9 Å². The lowest BCUT2D eigenvalue weighted by atomic mass is 10.1. The van der Waals surface area contributed by atoms with Gasteiger partial charge in [-0.05, 0) is 49.2 Å². The van der Waals surface area contributed by atoms with Crippen molar-refractivity contribution >= 4 is 43.6 Å². The highest BCUT2D eigenvalue weighted by molar-refractivity contribution is 7.89. The number of nitrogens with one attached hydrogen (secondary N) is 3. The number of benzene rings is 3. The molecule has 2 heterocycles. The molecule has 0 aliphatic carbocycles. The monoisotopic (exact) mass is 661 g/mol. The summed E-state index contributed by atoms with van der Waals surface area (Å²) in [5.74, 6) is 0.453. The van der Waals surface area contributed by atoms with Gasteiger partial charge in [0.15, 0.2) is 12.3 Å². The van der Waals surface area contributed by atoms with E-state index in [1.54, 1.807) is 42.5 Å². The Balaban J connectivity index is 1.17. The van der Waals surface area contributed by atoms with Crippen molar-refractivity contribution in [1.82, 2.24) is 29.1 Å². The van der Waals surface area contributed by atoms with Crippen LogP contribution in [0, 0.1) is 0 Å². The Hall–Kier alpha value is -4.95. The molecule has 0 saturated heterocycles. The number of H-pyrrole nitrogens is 1. The molecule has 0 fully saturated rings. The molecule has 14 heteroatoms. The minimum Gasteiger partial charge on any atom is -0.484 e. The molecular weight excluding hydrogens is 622 g/mol. The number of fused-ring (bicyclic) bond motifs is 2. The van der Waals surface area contributed by atoms with E-state index < -0.39 is 21.5 Å². The number of amides is 1. The maximum absolute atomic E-state index is 13.1. The normalized spacial score (nSPS) is 11.7. The minimum absolute atomic E-state index is 0.000356. The molecule has 3 aromatic carbocycles. The van der Waals surface area contributed by atoms with Crippen LogP contribution in [0.25, 0.3) is 33.3 Å². The highest BCUT2D eigenvalue weighted by atomic mass is 32.2. The Bertz CT molecular complexity index is 2130. The van der Waals surface area contributed by atoms with Crippen LogP contribution in [0.3, 0.4) is 0 Å². The predicted molar refractivity (Wildman–Crippen MR) is 183 cm³/mol. The molecule has 248 valence electrons. The molecule has 0 spiro atoms. The molecule has 5 aromatic rings. The van der Waals surface area contributed by atoms with Crippen molar-refractivity contribution in [2.45, 2.75) is 44.7 Å². The van der Waals surface area contributed by atoms with E-state index in [0.29, 0.717) is 54.1 Å². The van der Waals surface area contributed by atoms with Gasteiger partial charge >= 0.3 is 5.69 Å². The number of hydrogen-bond acceptors (Lipinski definition) is 8. The van der Waals surface area contributed by atoms with Gasteiger partial charge in [0, 0.05) is 62.3 Å². The van der Waals surface area contributed by atoms with E-state index in [1.807, 2.05) is 51.0 Å². The van der Waals surface area contributed by atoms with Crippen molar-refractivity contribution in [3.8, 4) is 17.1 Å². The molecule has 0 atom stereocenters. The quantitative estimate of drug-likeness (QED) is 0.153. The molecule has 13 nitrogen and oxygen atoms in total. The Morgan fingerprint density at radius 2 is 1.60 bits per heavy atom. The van der Waals surface area contributed by atoms with Crippen molar-refractivity contribution in [2.24, 2.45) is 0 Å². The molecule has 0 aliphatic rings. The number of aryl methyl sites for hydroxylation is 1. The molecular formula is C33H39N7O6S. The van der Waals surface area contributed by atoms with E-state index in [1.165, 1.54) is 9.13 Å². The zero-order valence-electron chi connectivity index (χ0n) is 26.9. The van der Waals surface area contributed by atoms with Gasteiger partial charge in [0.2, 0.25) is 10.0 Å². The van der Waals surface area contributed by atoms with Gasteiger partial charge in [-0.2, -0.15) is 0 Å². The highest BCUT2D eigenvalue weighted by Crippen LogP contribution is 2.30. The maximum Gasteiger partial charge on any atom is 0.332 e. The third-order valence-electron chi connectivity index (χ3n) is 7.62. The summed E-state index contributed by atoms with van der Waals surface area (Å²) in [4.78, 5) is 48.1. The summed E-state index contributed by atoms with van der Waals surface area (Å²) >= 11 is 0. The van der Waals surface area contributed by atoms with Crippen LogP contribution < -0.4 is 30.9 Å². The second kappa shape index (κ2) is 14.2. The number of hydrogen-bond donors (Lipinski definition) is 3. The Kier molecular flexibility index (Phi) is 10.1. The molecule has 0 bridgehead atoms. The number of nitrogens with zero attached hydrogens (tertiary/aromatic N) is 4. The van der Waals surface area contributed by atoms with E-state index in [9.17, 15) is 22.8 Å². The molecule has 0 radical (unpaired) electrons. The molecule has 2 aromatic heterocycles. The number of rotatable bonds is 14. The third-order valence-corrected chi connectivity index (χ3v) is 9.14. The summed E-state index contributed by atoms with van der Waals surface area (Å²) in [5.41, 5.74) is 1.41. The lowest BCUT2D eigenvalue weighted by molar-refractivity contribution is -0.123. The summed E-state index contributed by atoms with van der Waals surface area (Å²) in [6, 6.07) is 17.5. The first-order chi connectivity index (χ1) is 22.6. The molecule has 0 aliphatic heterocycles. The minimum atomic E-state index is -3.83. The average Bonchev–Trinajstić information content (AvgIpc) is 3.51. The van der Waals surface area contributed by atoms with E-state index in [-0.39, 0.29) is 35.8 Å². The number of aromatic amines is 1. The number of aromatic nitrogens is 4. The molecule has 0 unspecified atom stereocenters. The lowest BCUT2D eigenvalue weighted by Gasteiger charge is -2.17. The van der Waals surface area contributed by atoms with Crippen molar-refractivity contribution in [2.75, 3.05) is 38.7 Å². The van der Waals surface area contributed by atoms with Crippen LogP contribution in [0.4, 0.5) is 5.69 Å². The first-order valence-corrected chi connectivity index (χ1v) is 17.0. The van der Waals surface area contributed by atoms with Gasteiger partial charge in [0.1, 0.15) is 17.1 Å². The molecule has 5 rings (SSSR count). The molecule has 3 N–H and O–H groups in total. The highest BCUT2D eigenvalue weighted by Gasteiger charge is 2.19. The zero-order valence-corrected chi connectivity index (χ0v) is 27.7. The van der Waals surface area contributed by atoms with Gasteiger partial charge in [-0.3, -0.25) is 18.7 Å². The van der Waals surface area contributed by atoms with Crippen molar-refractivity contribution in [3.63, 3.8) is 0 Å². The summed E-state index contributed by atoms with van der Waals surface area (Å²) in [7, 11) is -0.0245. The van der Waals surface area contributed by atoms with Gasteiger partial charge < -0.3 is 19.9 Å². The largest absolute Gasteiger partial charge is 0.484 e. The average molecular weight is 662 g/mol. The van der Waals surface area contributed by atoms with E-state index in [0.717, 1.165) is 11.1 Å². The van der Waals surface area contributed by atoms with Gasteiger partial charge in [-0.1, -0.05) is 38.1 Å². The number of ether oxygens (including phenoxy) is 1. The van der Waals surface area contributed by atoms with Crippen molar-refractivity contribution in [3.05, 3.63) is 81.5 Å². The van der Waals surface area contributed by atoms with Crippen LogP contribution in [0.15, 0.2) is 75.1 Å². The lowest BCUT2D eigenvalue weighted by Crippen LogP contribution is -2.40. The number of imidazole rings is 1. The van der Waals surface area contributed by atoms with E-state index in [2.05, 4.69) is 20.0 Å². The van der Waals surface area contributed by atoms with Gasteiger partial charge in [-0.15, -0.1) is 0 Å².